The van der Waals surface area contributed by atoms with E-state index in [1.165, 1.54) is 15.0 Å². The lowest BCUT2D eigenvalue weighted by Gasteiger charge is -2.26. The normalized spacial score (nSPS) is 19.6. The van der Waals surface area contributed by atoms with Crippen LogP contribution in [-0.4, -0.2) is 13.2 Å². The van der Waals surface area contributed by atoms with Gasteiger partial charge >= 0.3 is 0 Å². The van der Waals surface area contributed by atoms with Crippen molar-refractivity contribution in [2.45, 2.75) is 18.9 Å². The van der Waals surface area contributed by atoms with Crippen LogP contribution in [0.2, 0.25) is 0 Å². The summed E-state index contributed by atoms with van der Waals surface area (Å²) in [6, 6.07) is 10.9. The minimum atomic E-state index is 0.177. The van der Waals surface area contributed by atoms with Crippen LogP contribution in [0.15, 0.2) is 30.3 Å². The summed E-state index contributed by atoms with van der Waals surface area (Å²) in [5.41, 5.74) is 6.39. The molecule has 2 N–H and O–H groups in total. The van der Waals surface area contributed by atoms with Gasteiger partial charge in [0.2, 0.25) is 0 Å². The molecule has 1 unspecified atom stereocenters. The van der Waals surface area contributed by atoms with Crippen LogP contribution in [0, 0.1) is 5.92 Å². The van der Waals surface area contributed by atoms with Crippen LogP contribution in [0.4, 0.5) is 0 Å². The minimum absolute atomic E-state index is 0.177. The minimum Gasteiger partial charge on any atom is -0.381 e. The molecule has 1 fully saturated rings. The zero-order valence-electron chi connectivity index (χ0n) is 9.76. The van der Waals surface area contributed by atoms with Crippen molar-refractivity contribution < 1.29 is 4.74 Å². The van der Waals surface area contributed by atoms with Crippen molar-refractivity contribution in [3.8, 4) is 0 Å². The number of ether oxygens (including phenoxy) is 1. The van der Waals surface area contributed by atoms with Crippen LogP contribution in [-0.2, 0) is 4.74 Å². The Morgan fingerprint density at radius 1 is 1.24 bits per heavy atom. The molecule has 90 valence electrons. The molecule has 17 heavy (non-hydrogen) atoms. The van der Waals surface area contributed by atoms with Gasteiger partial charge in [-0.2, -0.15) is 0 Å². The largest absolute Gasteiger partial charge is 0.381 e. The molecule has 0 radical (unpaired) electrons. The second-order valence-electron chi connectivity index (χ2n) is 4.66. The maximum atomic E-state index is 6.39. The van der Waals surface area contributed by atoms with Crippen molar-refractivity contribution in [3.05, 3.63) is 35.2 Å². The second-order valence-corrected chi connectivity index (χ2v) is 5.78. The first-order chi connectivity index (χ1) is 8.34. The van der Waals surface area contributed by atoms with Gasteiger partial charge in [0, 0.05) is 28.8 Å². The SMILES string of the molecule is NC(c1cc2ccccc2s1)C1CCOCC1. The average molecular weight is 247 g/mol. The van der Waals surface area contributed by atoms with Crippen molar-refractivity contribution in [2.75, 3.05) is 13.2 Å². The topological polar surface area (TPSA) is 35.2 Å². The zero-order valence-corrected chi connectivity index (χ0v) is 10.6. The van der Waals surface area contributed by atoms with Crippen molar-refractivity contribution in [1.82, 2.24) is 0 Å². The summed E-state index contributed by atoms with van der Waals surface area (Å²) in [7, 11) is 0. The molecule has 0 bridgehead atoms. The Bertz CT molecular complexity index is 469. The average Bonchev–Trinajstić information content (AvgIpc) is 2.82. The summed E-state index contributed by atoms with van der Waals surface area (Å²) in [6.45, 7) is 1.73. The van der Waals surface area contributed by atoms with E-state index in [0.717, 1.165) is 26.1 Å². The van der Waals surface area contributed by atoms with Crippen molar-refractivity contribution in [3.63, 3.8) is 0 Å². The first-order valence-corrected chi connectivity index (χ1v) is 6.98. The third-order valence-electron chi connectivity index (χ3n) is 3.55. The molecule has 2 aromatic rings. The number of rotatable bonds is 2. The fourth-order valence-corrected chi connectivity index (χ4v) is 3.63. The summed E-state index contributed by atoms with van der Waals surface area (Å²) < 4.78 is 6.73. The van der Waals surface area contributed by atoms with Gasteiger partial charge in [-0.25, -0.2) is 0 Å². The van der Waals surface area contributed by atoms with Gasteiger partial charge in [0.1, 0.15) is 0 Å². The van der Waals surface area contributed by atoms with E-state index in [4.69, 9.17) is 10.5 Å². The van der Waals surface area contributed by atoms with Gasteiger partial charge in [-0.1, -0.05) is 18.2 Å². The van der Waals surface area contributed by atoms with Crippen LogP contribution in [0.25, 0.3) is 10.1 Å². The highest BCUT2D eigenvalue weighted by Crippen LogP contribution is 2.35. The molecule has 0 amide bonds. The Hall–Kier alpha value is -0.900. The Morgan fingerprint density at radius 3 is 2.76 bits per heavy atom. The molecule has 2 nitrogen and oxygen atoms in total. The third kappa shape index (κ3) is 2.23. The summed E-state index contributed by atoms with van der Waals surface area (Å²) in [6.07, 6.45) is 2.19. The molecule has 3 rings (SSSR count). The van der Waals surface area contributed by atoms with Crippen LogP contribution in [0.1, 0.15) is 23.8 Å². The molecule has 1 saturated heterocycles. The van der Waals surface area contributed by atoms with E-state index in [0.29, 0.717) is 5.92 Å². The number of thiophene rings is 1. The highest BCUT2D eigenvalue weighted by molar-refractivity contribution is 7.19. The molecule has 1 aromatic carbocycles. The standard InChI is InChI=1S/C14H17NOS/c15-14(10-5-7-16-8-6-10)13-9-11-3-1-2-4-12(11)17-13/h1-4,9-10,14H,5-8,15H2. The Labute approximate surface area is 105 Å². The van der Waals surface area contributed by atoms with E-state index in [1.54, 1.807) is 0 Å². The van der Waals surface area contributed by atoms with E-state index in [9.17, 15) is 0 Å². The van der Waals surface area contributed by atoms with Gasteiger partial charge in [-0.15, -0.1) is 11.3 Å². The number of benzene rings is 1. The fourth-order valence-electron chi connectivity index (χ4n) is 2.47. The molecular formula is C14H17NOS. The van der Waals surface area contributed by atoms with E-state index in [2.05, 4.69) is 30.3 Å². The number of hydrogen-bond donors (Lipinski definition) is 1. The van der Waals surface area contributed by atoms with E-state index < -0.39 is 0 Å². The Balaban J connectivity index is 1.86. The van der Waals surface area contributed by atoms with Crippen LogP contribution in [0.3, 0.4) is 0 Å². The number of hydrogen-bond acceptors (Lipinski definition) is 3. The lowest BCUT2D eigenvalue weighted by atomic mass is 9.91. The van der Waals surface area contributed by atoms with Gasteiger partial charge in [0.25, 0.3) is 0 Å². The molecule has 1 atom stereocenters. The summed E-state index contributed by atoms with van der Waals surface area (Å²) in [4.78, 5) is 1.32. The highest BCUT2D eigenvalue weighted by Gasteiger charge is 2.23. The maximum absolute atomic E-state index is 6.39. The first kappa shape index (κ1) is 11.2. The number of fused-ring (bicyclic) bond motifs is 1. The fraction of sp³-hybridized carbons (Fsp3) is 0.429. The zero-order chi connectivity index (χ0) is 11.7. The Morgan fingerprint density at radius 2 is 2.00 bits per heavy atom. The maximum Gasteiger partial charge on any atom is 0.0469 e. The van der Waals surface area contributed by atoms with E-state index in [-0.39, 0.29) is 6.04 Å². The predicted molar refractivity (Wildman–Crippen MR) is 72.3 cm³/mol. The second kappa shape index (κ2) is 4.77. The lowest BCUT2D eigenvalue weighted by Crippen LogP contribution is -2.26. The molecular weight excluding hydrogens is 230 g/mol. The van der Waals surface area contributed by atoms with Crippen molar-refractivity contribution >= 4 is 21.4 Å². The van der Waals surface area contributed by atoms with Crippen molar-refractivity contribution in [2.24, 2.45) is 11.7 Å². The lowest BCUT2D eigenvalue weighted by molar-refractivity contribution is 0.0587. The van der Waals surface area contributed by atoms with Crippen LogP contribution >= 0.6 is 11.3 Å². The molecule has 1 aliphatic rings. The predicted octanol–water partition coefficient (Wildman–Crippen LogP) is 3.33. The smallest absolute Gasteiger partial charge is 0.0469 e. The highest BCUT2D eigenvalue weighted by atomic mass is 32.1. The van der Waals surface area contributed by atoms with Gasteiger partial charge in [-0.05, 0) is 36.3 Å². The summed E-state index contributed by atoms with van der Waals surface area (Å²) in [5, 5.41) is 1.31. The van der Waals surface area contributed by atoms with Gasteiger partial charge < -0.3 is 10.5 Å². The van der Waals surface area contributed by atoms with Gasteiger partial charge in [-0.3, -0.25) is 0 Å². The Kier molecular flexibility index (Phi) is 3.14. The van der Waals surface area contributed by atoms with Crippen LogP contribution in [0.5, 0.6) is 0 Å². The van der Waals surface area contributed by atoms with Crippen LogP contribution < -0.4 is 5.73 Å². The molecule has 0 spiro atoms. The molecule has 1 aromatic heterocycles. The van der Waals surface area contributed by atoms with E-state index >= 15 is 0 Å². The van der Waals surface area contributed by atoms with Gasteiger partial charge in [0.05, 0.1) is 0 Å². The number of nitrogens with two attached hydrogens (primary N) is 1. The molecule has 1 aliphatic heterocycles. The summed E-state index contributed by atoms with van der Waals surface area (Å²) in [5.74, 6) is 0.580. The van der Waals surface area contributed by atoms with E-state index in [1.807, 2.05) is 11.3 Å². The summed E-state index contributed by atoms with van der Waals surface area (Å²) >= 11 is 1.83. The molecule has 3 heteroatoms. The van der Waals surface area contributed by atoms with Crippen molar-refractivity contribution in [1.29, 1.82) is 0 Å². The molecule has 2 heterocycles. The third-order valence-corrected chi connectivity index (χ3v) is 4.76. The molecule has 0 saturated carbocycles. The monoisotopic (exact) mass is 247 g/mol. The quantitative estimate of drug-likeness (QED) is 0.883. The molecule has 0 aliphatic carbocycles. The first-order valence-electron chi connectivity index (χ1n) is 6.16. The van der Waals surface area contributed by atoms with Gasteiger partial charge in [0.15, 0.2) is 0 Å².